The number of unbranched alkanes of at least 4 members (excludes halogenated alkanes) is 1. The van der Waals surface area contributed by atoms with E-state index in [2.05, 4.69) is 13.8 Å². The molecule has 0 aliphatic heterocycles. The predicted molar refractivity (Wildman–Crippen MR) is 55.0 cm³/mol. The van der Waals surface area contributed by atoms with Gasteiger partial charge in [0, 0.05) is 7.11 Å². The Balaban J connectivity index is 3.26. The monoisotopic (exact) mass is 190 g/mol. The zero-order valence-corrected chi connectivity index (χ0v) is 10.1. The van der Waals surface area contributed by atoms with Gasteiger partial charge in [0.2, 0.25) is 0 Å². The molecule has 0 aromatic heterocycles. The second-order valence-corrected chi connectivity index (χ2v) is 4.48. The summed E-state index contributed by atoms with van der Waals surface area (Å²) in [6, 6.07) is 1.27. The van der Waals surface area contributed by atoms with Crippen LogP contribution in [0, 0.1) is 0 Å². The Bertz CT molecular complexity index is 88.6. The summed E-state index contributed by atoms with van der Waals surface area (Å²) >= 11 is 0. The lowest BCUT2D eigenvalue weighted by molar-refractivity contribution is -0.0584. The van der Waals surface area contributed by atoms with Crippen LogP contribution in [0.4, 0.5) is 0 Å². The molecular weight excluding hydrogens is 168 g/mol. The van der Waals surface area contributed by atoms with Gasteiger partial charge < -0.3 is 9.16 Å². The van der Waals surface area contributed by atoms with Crippen molar-refractivity contribution in [3.05, 3.63) is 0 Å². The Kier molecular flexibility index (Phi) is 9.33. The van der Waals surface area contributed by atoms with Crippen LogP contribution in [0.25, 0.3) is 0 Å². The van der Waals surface area contributed by atoms with Crippen molar-refractivity contribution in [2.75, 3.05) is 7.11 Å². The van der Waals surface area contributed by atoms with Crippen molar-refractivity contribution in [2.24, 2.45) is 0 Å². The van der Waals surface area contributed by atoms with Gasteiger partial charge in [0.15, 0.2) is 9.76 Å². The third kappa shape index (κ3) is 6.82. The van der Waals surface area contributed by atoms with Gasteiger partial charge in [-0.3, -0.25) is 0 Å². The van der Waals surface area contributed by atoms with Gasteiger partial charge in [-0.2, -0.15) is 0 Å². The highest BCUT2D eigenvalue weighted by Crippen LogP contribution is 2.05. The summed E-state index contributed by atoms with van der Waals surface area (Å²) < 4.78 is 10.9. The molecule has 0 fully saturated rings. The molecule has 0 aromatic carbocycles. The summed E-state index contributed by atoms with van der Waals surface area (Å²) in [7, 11) is 1.44. The van der Waals surface area contributed by atoms with Crippen LogP contribution in [0.2, 0.25) is 6.04 Å². The van der Waals surface area contributed by atoms with E-state index >= 15 is 0 Å². The first kappa shape index (κ1) is 12.1. The summed E-state index contributed by atoms with van der Waals surface area (Å²) in [5.74, 6) is 0. The molecule has 12 heavy (non-hydrogen) atoms. The molecule has 0 radical (unpaired) electrons. The fraction of sp³-hybridized carbons (Fsp3) is 1.00. The number of ether oxygens (including phenoxy) is 1. The highest BCUT2D eigenvalue weighted by atomic mass is 28.2. The van der Waals surface area contributed by atoms with E-state index in [-0.39, 0.29) is 16.1 Å². The van der Waals surface area contributed by atoms with Gasteiger partial charge in [0.1, 0.15) is 6.29 Å². The van der Waals surface area contributed by atoms with Gasteiger partial charge in [-0.1, -0.05) is 26.7 Å². The topological polar surface area (TPSA) is 18.5 Å². The zero-order chi connectivity index (χ0) is 9.23. The van der Waals surface area contributed by atoms with Crippen LogP contribution in [0.15, 0.2) is 0 Å². The van der Waals surface area contributed by atoms with E-state index in [1.165, 1.54) is 25.3 Å². The maximum absolute atomic E-state index is 5.65. The molecule has 0 aromatic rings. The number of methoxy groups -OCH3 is 1. The van der Waals surface area contributed by atoms with Crippen LogP contribution in [0.3, 0.4) is 0 Å². The van der Waals surface area contributed by atoms with E-state index in [1.807, 2.05) is 0 Å². The average molecular weight is 190 g/mol. The number of hydrogen-bond donors (Lipinski definition) is 0. The van der Waals surface area contributed by atoms with Gasteiger partial charge >= 0.3 is 0 Å². The van der Waals surface area contributed by atoms with Crippen LogP contribution in [-0.2, 0) is 9.16 Å². The van der Waals surface area contributed by atoms with Crippen molar-refractivity contribution in [3.63, 3.8) is 0 Å². The van der Waals surface area contributed by atoms with Crippen molar-refractivity contribution in [1.82, 2.24) is 0 Å². The van der Waals surface area contributed by atoms with Crippen molar-refractivity contribution in [1.29, 1.82) is 0 Å². The minimum atomic E-state index is -0.300. The minimum Gasteiger partial charge on any atom is -0.400 e. The Morgan fingerprint density at radius 3 is 2.50 bits per heavy atom. The Hall–Kier alpha value is 0.137. The summed E-state index contributed by atoms with van der Waals surface area (Å²) in [5, 5.41) is 0. The fourth-order valence-electron chi connectivity index (χ4n) is 0.999. The van der Waals surface area contributed by atoms with Gasteiger partial charge in [0.05, 0.1) is 0 Å². The smallest absolute Gasteiger partial charge is 0.165 e. The number of hydrogen-bond acceptors (Lipinski definition) is 2. The highest BCUT2D eigenvalue weighted by Gasteiger charge is 2.04. The van der Waals surface area contributed by atoms with Gasteiger partial charge in [-0.15, -0.1) is 0 Å². The molecule has 2 nitrogen and oxygen atoms in total. The summed E-state index contributed by atoms with van der Waals surface area (Å²) in [5.41, 5.74) is 0. The third-order valence-corrected chi connectivity index (χ3v) is 3.46. The molecule has 0 bridgehead atoms. The minimum absolute atomic E-state index is 0.0863. The standard InChI is InChI=1S/C9H22O2Si/c1-4-6-7-9(10-3)11-12-8-5-2/h9H,4-8,12H2,1-3H3. The maximum Gasteiger partial charge on any atom is 0.165 e. The average Bonchev–Trinajstić information content (AvgIpc) is 2.11. The predicted octanol–water partition coefficient (Wildman–Crippen LogP) is 2.08. The summed E-state index contributed by atoms with van der Waals surface area (Å²) in [6.07, 6.45) is 4.82. The molecule has 0 aliphatic rings. The molecule has 0 spiro atoms. The van der Waals surface area contributed by atoms with E-state index < -0.39 is 0 Å². The van der Waals surface area contributed by atoms with E-state index in [9.17, 15) is 0 Å². The van der Waals surface area contributed by atoms with Crippen molar-refractivity contribution < 1.29 is 9.16 Å². The molecular formula is C9H22O2Si. The molecule has 0 N–H and O–H groups in total. The molecule has 0 amide bonds. The molecule has 0 heterocycles. The van der Waals surface area contributed by atoms with Crippen molar-refractivity contribution in [3.8, 4) is 0 Å². The van der Waals surface area contributed by atoms with E-state index in [0.29, 0.717) is 0 Å². The molecule has 0 saturated heterocycles. The van der Waals surface area contributed by atoms with Crippen LogP contribution in [0.5, 0.6) is 0 Å². The van der Waals surface area contributed by atoms with E-state index in [0.717, 1.165) is 6.42 Å². The Labute approximate surface area is 78.6 Å². The highest BCUT2D eigenvalue weighted by molar-refractivity contribution is 6.27. The van der Waals surface area contributed by atoms with Crippen molar-refractivity contribution in [2.45, 2.75) is 51.9 Å². The first-order chi connectivity index (χ1) is 5.85. The quantitative estimate of drug-likeness (QED) is 0.331. The largest absolute Gasteiger partial charge is 0.400 e. The molecule has 3 heteroatoms. The lowest BCUT2D eigenvalue weighted by atomic mass is 10.2. The second-order valence-electron chi connectivity index (χ2n) is 3.03. The molecule has 0 saturated carbocycles. The zero-order valence-electron chi connectivity index (χ0n) is 8.64. The Morgan fingerprint density at radius 2 is 2.00 bits per heavy atom. The molecule has 0 aliphatic carbocycles. The lowest BCUT2D eigenvalue weighted by Gasteiger charge is -2.15. The second kappa shape index (κ2) is 9.23. The van der Waals surface area contributed by atoms with E-state index in [1.54, 1.807) is 7.11 Å². The first-order valence-corrected chi connectivity index (χ1v) is 6.57. The molecule has 1 atom stereocenters. The lowest BCUT2D eigenvalue weighted by Crippen LogP contribution is -2.17. The number of rotatable bonds is 8. The van der Waals surface area contributed by atoms with Crippen LogP contribution in [-0.4, -0.2) is 23.2 Å². The normalized spacial score (nSPS) is 14.2. The van der Waals surface area contributed by atoms with Gasteiger partial charge in [-0.05, 0) is 18.9 Å². The first-order valence-electron chi connectivity index (χ1n) is 4.99. The van der Waals surface area contributed by atoms with Crippen molar-refractivity contribution >= 4 is 9.76 Å². The SMILES string of the molecule is CCCCC(OC)O[SiH2]CCC. The molecule has 1 unspecified atom stereocenters. The molecule has 0 rings (SSSR count). The fourth-order valence-corrected chi connectivity index (χ4v) is 2.02. The van der Waals surface area contributed by atoms with Gasteiger partial charge in [0.25, 0.3) is 0 Å². The van der Waals surface area contributed by atoms with Gasteiger partial charge in [-0.25, -0.2) is 0 Å². The van der Waals surface area contributed by atoms with E-state index in [4.69, 9.17) is 9.16 Å². The molecule has 74 valence electrons. The Morgan fingerprint density at radius 1 is 1.25 bits per heavy atom. The third-order valence-electron chi connectivity index (χ3n) is 1.86. The van der Waals surface area contributed by atoms with Crippen LogP contribution in [0.1, 0.15) is 39.5 Å². The summed E-state index contributed by atoms with van der Waals surface area (Å²) in [4.78, 5) is 0. The maximum atomic E-state index is 5.65. The summed E-state index contributed by atoms with van der Waals surface area (Å²) in [6.45, 7) is 4.39. The van der Waals surface area contributed by atoms with Crippen LogP contribution < -0.4 is 0 Å². The van der Waals surface area contributed by atoms with Crippen LogP contribution >= 0.6 is 0 Å².